The number of rotatable bonds is 6. The Bertz CT molecular complexity index is 963. The molecule has 7 heteroatoms. The van der Waals surface area contributed by atoms with Gasteiger partial charge in [0.05, 0.1) is 10.6 Å². The molecule has 0 N–H and O–H groups in total. The van der Waals surface area contributed by atoms with Gasteiger partial charge in [-0.15, -0.1) is 0 Å². The first-order chi connectivity index (χ1) is 12.5. The zero-order valence-electron chi connectivity index (χ0n) is 13.7. The summed E-state index contributed by atoms with van der Waals surface area (Å²) in [5, 5.41) is 0.450. The van der Waals surface area contributed by atoms with Crippen LogP contribution in [-0.2, 0) is 16.4 Å². The van der Waals surface area contributed by atoms with Gasteiger partial charge < -0.3 is 0 Å². The first-order valence-electron chi connectivity index (χ1n) is 7.90. The maximum Gasteiger partial charge on any atom is 0.264 e. The van der Waals surface area contributed by atoms with Gasteiger partial charge in [0.1, 0.15) is 5.82 Å². The van der Waals surface area contributed by atoms with Crippen molar-refractivity contribution >= 4 is 27.3 Å². The predicted molar refractivity (Wildman–Crippen MR) is 100 cm³/mol. The highest BCUT2D eigenvalue weighted by molar-refractivity contribution is 7.92. The first-order valence-corrected chi connectivity index (χ1v) is 9.72. The van der Waals surface area contributed by atoms with Gasteiger partial charge in [-0.1, -0.05) is 17.7 Å². The maximum atomic E-state index is 13.3. The minimum atomic E-state index is -3.83. The monoisotopic (exact) mass is 390 g/mol. The average molecular weight is 391 g/mol. The van der Waals surface area contributed by atoms with Crippen molar-refractivity contribution in [2.45, 2.75) is 11.3 Å². The molecule has 0 aliphatic carbocycles. The number of halogens is 2. The summed E-state index contributed by atoms with van der Waals surface area (Å²) in [6.07, 6.45) is 2.08. The Labute approximate surface area is 156 Å². The lowest BCUT2D eigenvalue weighted by Gasteiger charge is -2.24. The lowest BCUT2D eigenvalue weighted by atomic mass is 10.2. The Balaban J connectivity index is 1.96. The fourth-order valence-electron chi connectivity index (χ4n) is 2.49. The zero-order valence-corrected chi connectivity index (χ0v) is 15.3. The molecule has 0 radical (unpaired) electrons. The van der Waals surface area contributed by atoms with Gasteiger partial charge in [-0.2, -0.15) is 0 Å². The van der Waals surface area contributed by atoms with Crippen LogP contribution in [-0.4, -0.2) is 19.9 Å². The van der Waals surface area contributed by atoms with E-state index in [1.165, 1.54) is 52.8 Å². The molecular weight excluding hydrogens is 375 g/mol. The minimum absolute atomic E-state index is 0.118. The van der Waals surface area contributed by atoms with Crippen LogP contribution in [0.2, 0.25) is 5.02 Å². The lowest BCUT2D eigenvalue weighted by molar-refractivity contribution is 0.590. The molecule has 134 valence electrons. The van der Waals surface area contributed by atoms with E-state index in [0.717, 1.165) is 5.69 Å². The van der Waals surface area contributed by atoms with Gasteiger partial charge in [-0.3, -0.25) is 9.29 Å². The van der Waals surface area contributed by atoms with Crippen LogP contribution < -0.4 is 4.31 Å². The molecule has 0 unspecified atom stereocenters. The second-order valence-electron chi connectivity index (χ2n) is 5.58. The number of pyridine rings is 1. The van der Waals surface area contributed by atoms with E-state index in [-0.39, 0.29) is 11.4 Å². The van der Waals surface area contributed by atoms with Gasteiger partial charge >= 0.3 is 0 Å². The molecule has 0 spiro atoms. The molecule has 26 heavy (non-hydrogen) atoms. The molecule has 0 amide bonds. The fourth-order valence-corrected chi connectivity index (χ4v) is 4.08. The van der Waals surface area contributed by atoms with Gasteiger partial charge in [0.15, 0.2) is 0 Å². The number of benzene rings is 2. The van der Waals surface area contributed by atoms with E-state index in [2.05, 4.69) is 4.98 Å². The number of hydrogen-bond donors (Lipinski definition) is 0. The van der Waals surface area contributed by atoms with Crippen LogP contribution in [0.5, 0.6) is 0 Å². The first kappa shape index (κ1) is 18.4. The van der Waals surface area contributed by atoms with E-state index in [1.807, 2.05) is 12.1 Å². The van der Waals surface area contributed by atoms with Crippen LogP contribution in [0.4, 0.5) is 10.1 Å². The van der Waals surface area contributed by atoms with Crippen molar-refractivity contribution < 1.29 is 12.8 Å². The Morgan fingerprint density at radius 3 is 2.27 bits per heavy atom. The van der Waals surface area contributed by atoms with Gasteiger partial charge in [-0.05, 0) is 60.7 Å². The van der Waals surface area contributed by atoms with E-state index < -0.39 is 15.8 Å². The molecule has 3 aromatic rings. The molecule has 0 atom stereocenters. The summed E-state index contributed by atoms with van der Waals surface area (Å²) in [6, 6.07) is 16.8. The Hall–Kier alpha value is -2.44. The molecule has 1 heterocycles. The molecule has 4 nitrogen and oxygen atoms in total. The van der Waals surface area contributed by atoms with E-state index in [4.69, 9.17) is 11.6 Å². The summed E-state index contributed by atoms with van der Waals surface area (Å²) in [4.78, 5) is 4.34. The molecule has 0 fully saturated rings. The second-order valence-corrected chi connectivity index (χ2v) is 7.88. The van der Waals surface area contributed by atoms with Crippen molar-refractivity contribution in [3.63, 3.8) is 0 Å². The minimum Gasteiger partial charge on any atom is -0.266 e. The Morgan fingerprint density at radius 2 is 1.65 bits per heavy atom. The third-order valence-corrected chi connectivity index (χ3v) is 5.91. The molecule has 0 saturated carbocycles. The average Bonchev–Trinajstić information content (AvgIpc) is 2.64. The number of sulfonamides is 1. The van der Waals surface area contributed by atoms with Gasteiger partial charge in [0, 0.05) is 29.9 Å². The number of nitrogens with zero attached hydrogens (tertiary/aromatic N) is 2. The van der Waals surface area contributed by atoms with Crippen LogP contribution in [0.1, 0.15) is 5.69 Å². The third-order valence-electron chi connectivity index (χ3n) is 3.81. The number of anilines is 1. The molecule has 0 bridgehead atoms. The largest absolute Gasteiger partial charge is 0.266 e. The van der Waals surface area contributed by atoms with Crippen molar-refractivity contribution in [1.82, 2.24) is 4.98 Å². The van der Waals surface area contributed by atoms with Crippen LogP contribution >= 0.6 is 11.6 Å². The highest BCUT2D eigenvalue weighted by Gasteiger charge is 2.25. The molecular formula is C19H16ClFN2O2S. The lowest BCUT2D eigenvalue weighted by Crippen LogP contribution is -2.33. The van der Waals surface area contributed by atoms with Crippen LogP contribution in [0.15, 0.2) is 77.8 Å². The van der Waals surface area contributed by atoms with Gasteiger partial charge in [0.2, 0.25) is 0 Å². The summed E-state index contributed by atoms with van der Waals surface area (Å²) in [5.74, 6) is -0.428. The number of aromatic nitrogens is 1. The highest BCUT2D eigenvalue weighted by atomic mass is 35.5. The topological polar surface area (TPSA) is 50.3 Å². The SMILES string of the molecule is O=S(=O)(c1ccc(Cl)cc1)N(CCc1ccccn1)c1ccc(F)cc1. The highest BCUT2D eigenvalue weighted by Crippen LogP contribution is 2.25. The van der Waals surface area contributed by atoms with Crippen molar-refractivity contribution in [1.29, 1.82) is 0 Å². The summed E-state index contributed by atoms with van der Waals surface area (Å²) >= 11 is 5.86. The predicted octanol–water partition coefficient (Wildman–Crippen LogP) is 4.31. The second kappa shape index (κ2) is 7.85. The normalized spacial score (nSPS) is 11.3. The smallest absolute Gasteiger partial charge is 0.264 e. The summed E-state index contributed by atoms with van der Waals surface area (Å²) in [7, 11) is -3.83. The maximum absolute atomic E-state index is 13.3. The van der Waals surface area contributed by atoms with E-state index >= 15 is 0 Å². The van der Waals surface area contributed by atoms with Crippen molar-refractivity contribution in [2.24, 2.45) is 0 Å². The molecule has 0 aliphatic heterocycles. The van der Waals surface area contributed by atoms with Crippen LogP contribution in [0.25, 0.3) is 0 Å². The molecule has 0 aliphatic rings. The summed E-state index contributed by atoms with van der Waals surface area (Å²) < 4.78 is 40.8. The quantitative estimate of drug-likeness (QED) is 0.630. The van der Waals surface area contributed by atoms with Gasteiger partial charge in [-0.25, -0.2) is 12.8 Å². The standard InChI is InChI=1S/C19H16ClFN2O2S/c20-15-4-10-19(11-5-15)26(24,25)23(18-8-6-16(21)7-9-18)14-12-17-3-1-2-13-22-17/h1-11,13H,12,14H2. The van der Waals surface area contributed by atoms with Crippen LogP contribution in [0.3, 0.4) is 0 Å². The zero-order chi connectivity index (χ0) is 18.6. The van der Waals surface area contributed by atoms with Gasteiger partial charge in [0.25, 0.3) is 10.0 Å². The Morgan fingerprint density at radius 1 is 0.962 bits per heavy atom. The van der Waals surface area contributed by atoms with Crippen molar-refractivity contribution in [3.8, 4) is 0 Å². The molecule has 0 saturated heterocycles. The van der Waals surface area contributed by atoms with Crippen molar-refractivity contribution in [3.05, 3.63) is 89.5 Å². The third kappa shape index (κ3) is 4.20. The summed E-state index contributed by atoms with van der Waals surface area (Å²) in [5.41, 5.74) is 1.16. The van der Waals surface area contributed by atoms with Crippen LogP contribution in [0, 0.1) is 5.82 Å². The molecule has 1 aromatic heterocycles. The summed E-state index contributed by atoms with van der Waals surface area (Å²) in [6.45, 7) is 0.174. The van der Waals surface area contributed by atoms with E-state index in [9.17, 15) is 12.8 Å². The molecule has 3 rings (SSSR count). The Kier molecular flexibility index (Phi) is 5.54. The molecule has 2 aromatic carbocycles. The fraction of sp³-hybridized carbons (Fsp3) is 0.105. The van der Waals surface area contributed by atoms with Crippen molar-refractivity contribution in [2.75, 3.05) is 10.8 Å². The van der Waals surface area contributed by atoms with E-state index in [0.29, 0.717) is 17.1 Å². The number of hydrogen-bond acceptors (Lipinski definition) is 3. The van der Waals surface area contributed by atoms with E-state index in [1.54, 1.807) is 12.3 Å².